The zero-order valence-electron chi connectivity index (χ0n) is 20.9. The highest BCUT2D eigenvalue weighted by molar-refractivity contribution is 9.09. The standard InChI is InChI=1S/C30H40BrN3O/c31-30(27-12-3-1-4-13-27,28-14-5-2-6-15-28)34-22-18-25(19-23-34)10-7-8-21-33-29(35)17-16-26-11-9-20-32-24-26/h1,3-4,9,11-13,16-17,20,24-25,28H,2,5-8,10,14-15,18-19,21-23H2,(H,33,35)/b17-16-. The van der Waals surface area contributed by atoms with Crippen LogP contribution in [-0.2, 0) is 9.24 Å². The smallest absolute Gasteiger partial charge is 0.243 e. The van der Waals surface area contributed by atoms with Crippen molar-refractivity contribution >= 4 is 27.9 Å². The number of likely N-dealkylation sites (tertiary alicyclic amines) is 1. The molecule has 1 aliphatic carbocycles. The minimum Gasteiger partial charge on any atom is -0.353 e. The second-order valence-corrected chi connectivity index (χ2v) is 11.4. The van der Waals surface area contributed by atoms with Gasteiger partial charge in [0.2, 0.25) is 5.91 Å². The first kappa shape index (κ1) is 26.1. The van der Waals surface area contributed by atoms with E-state index >= 15 is 0 Å². The largest absolute Gasteiger partial charge is 0.353 e. The SMILES string of the molecule is O=C(/C=C\c1cccnc1)NCCCCC1CCN(C(Br)(c2ccccc2)C2CCCCC2)CC1. The van der Waals surface area contributed by atoms with E-state index in [0.29, 0.717) is 5.92 Å². The van der Waals surface area contributed by atoms with Gasteiger partial charge in [-0.2, -0.15) is 0 Å². The number of carbonyl (C=O) groups is 1. The van der Waals surface area contributed by atoms with E-state index in [1.54, 1.807) is 18.5 Å². The summed E-state index contributed by atoms with van der Waals surface area (Å²) in [6, 6.07) is 15.0. The first-order valence-corrected chi connectivity index (χ1v) is 14.3. The zero-order chi connectivity index (χ0) is 24.3. The average molecular weight is 539 g/mol. The van der Waals surface area contributed by atoms with Crippen molar-refractivity contribution in [2.24, 2.45) is 11.8 Å². The number of nitrogens with one attached hydrogen (secondary N) is 1. The predicted molar refractivity (Wildman–Crippen MR) is 148 cm³/mol. The number of rotatable bonds is 10. The predicted octanol–water partition coefficient (Wildman–Crippen LogP) is 6.92. The number of nitrogens with zero attached hydrogens (tertiary/aromatic N) is 2. The summed E-state index contributed by atoms with van der Waals surface area (Å²) in [5.41, 5.74) is 2.37. The highest BCUT2D eigenvalue weighted by Crippen LogP contribution is 2.49. The molecule has 1 amide bonds. The van der Waals surface area contributed by atoms with E-state index in [2.05, 4.69) is 61.5 Å². The molecule has 1 aromatic heterocycles. The number of amides is 1. The molecule has 1 aromatic carbocycles. The highest BCUT2D eigenvalue weighted by Gasteiger charge is 2.44. The summed E-state index contributed by atoms with van der Waals surface area (Å²) in [4.78, 5) is 18.8. The summed E-state index contributed by atoms with van der Waals surface area (Å²) in [6.45, 7) is 3.07. The van der Waals surface area contributed by atoms with E-state index in [0.717, 1.165) is 37.5 Å². The fourth-order valence-corrected chi connectivity index (χ4v) is 6.93. The first-order valence-electron chi connectivity index (χ1n) is 13.5. The van der Waals surface area contributed by atoms with Gasteiger partial charge in [0, 0.05) is 38.1 Å². The number of aromatic nitrogens is 1. The molecule has 1 saturated carbocycles. The number of carbonyl (C=O) groups excluding carboxylic acids is 1. The normalized spacial score (nSPS) is 20.0. The molecule has 2 heterocycles. The molecule has 1 atom stereocenters. The molecule has 2 aliphatic rings. The Kier molecular flexibility index (Phi) is 9.96. The van der Waals surface area contributed by atoms with E-state index in [1.807, 2.05) is 18.2 Å². The van der Waals surface area contributed by atoms with Gasteiger partial charge in [-0.25, -0.2) is 0 Å². The second kappa shape index (κ2) is 13.4. The van der Waals surface area contributed by atoms with Crippen LogP contribution in [-0.4, -0.2) is 35.4 Å². The molecule has 0 bridgehead atoms. The van der Waals surface area contributed by atoms with Crippen LogP contribution in [0.25, 0.3) is 6.08 Å². The third-order valence-electron chi connectivity index (χ3n) is 7.85. The van der Waals surface area contributed by atoms with Crippen molar-refractivity contribution in [2.45, 2.75) is 68.7 Å². The van der Waals surface area contributed by atoms with Gasteiger partial charge in [-0.15, -0.1) is 0 Å². The second-order valence-electron chi connectivity index (χ2n) is 10.2. The average Bonchev–Trinajstić information content (AvgIpc) is 2.93. The van der Waals surface area contributed by atoms with Gasteiger partial charge in [-0.1, -0.05) is 84.4 Å². The Morgan fingerprint density at radius 2 is 1.80 bits per heavy atom. The molecule has 0 spiro atoms. The number of benzene rings is 1. The summed E-state index contributed by atoms with van der Waals surface area (Å²) < 4.78 is -0.0206. The molecule has 1 aliphatic heterocycles. The summed E-state index contributed by atoms with van der Waals surface area (Å²) in [5.74, 6) is 1.46. The molecule has 2 aromatic rings. The number of alkyl halides is 1. The third-order valence-corrected chi connectivity index (χ3v) is 9.46. The van der Waals surface area contributed by atoms with E-state index in [1.165, 1.54) is 63.4 Å². The summed E-state index contributed by atoms with van der Waals surface area (Å²) in [7, 11) is 0. The lowest BCUT2D eigenvalue weighted by atomic mass is 9.79. The van der Waals surface area contributed by atoms with E-state index in [-0.39, 0.29) is 10.4 Å². The Morgan fingerprint density at radius 3 is 2.51 bits per heavy atom. The van der Waals surface area contributed by atoms with Crippen LogP contribution in [0.1, 0.15) is 75.3 Å². The van der Waals surface area contributed by atoms with Crippen molar-refractivity contribution in [1.29, 1.82) is 0 Å². The van der Waals surface area contributed by atoms with Crippen molar-refractivity contribution in [3.63, 3.8) is 0 Å². The van der Waals surface area contributed by atoms with Gasteiger partial charge in [-0.3, -0.25) is 14.7 Å². The van der Waals surface area contributed by atoms with Gasteiger partial charge >= 0.3 is 0 Å². The van der Waals surface area contributed by atoms with Crippen molar-refractivity contribution < 1.29 is 4.79 Å². The van der Waals surface area contributed by atoms with Crippen molar-refractivity contribution in [1.82, 2.24) is 15.2 Å². The van der Waals surface area contributed by atoms with Gasteiger partial charge in [0.15, 0.2) is 0 Å². The monoisotopic (exact) mass is 537 g/mol. The molecule has 5 heteroatoms. The maximum Gasteiger partial charge on any atom is 0.243 e. The van der Waals surface area contributed by atoms with Crippen molar-refractivity contribution in [2.75, 3.05) is 19.6 Å². The van der Waals surface area contributed by atoms with Crippen LogP contribution < -0.4 is 5.32 Å². The topological polar surface area (TPSA) is 45.2 Å². The van der Waals surface area contributed by atoms with Crippen LogP contribution in [0, 0.1) is 11.8 Å². The molecule has 2 fully saturated rings. The Balaban J connectivity index is 1.19. The fourth-order valence-electron chi connectivity index (χ4n) is 5.86. The van der Waals surface area contributed by atoms with Crippen LogP contribution in [0.5, 0.6) is 0 Å². The van der Waals surface area contributed by atoms with Crippen LogP contribution >= 0.6 is 15.9 Å². The van der Waals surface area contributed by atoms with E-state index in [4.69, 9.17) is 0 Å². The van der Waals surface area contributed by atoms with Crippen LogP contribution in [0.15, 0.2) is 60.9 Å². The van der Waals surface area contributed by atoms with Gasteiger partial charge in [0.25, 0.3) is 0 Å². The molecular weight excluding hydrogens is 498 g/mol. The number of hydrogen-bond donors (Lipinski definition) is 1. The van der Waals surface area contributed by atoms with Gasteiger partial charge < -0.3 is 5.32 Å². The maximum absolute atomic E-state index is 12.0. The van der Waals surface area contributed by atoms with E-state index < -0.39 is 0 Å². The summed E-state index contributed by atoms with van der Waals surface area (Å²) in [6.07, 6.45) is 19.7. The fraction of sp³-hybridized carbons (Fsp3) is 0.533. The Morgan fingerprint density at radius 1 is 1.03 bits per heavy atom. The van der Waals surface area contributed by atoms with Crippen LogP contribution in [0.3, 0.4) is 0 Å². The molecule has 188 valence electrons. The Hall–Kier alpha value is -1.98. The molecular formula is C30H40BrN3O. The molecule has 0 radical (unpaired) electrons. The molecule has 1 unspecified atom stereocenters. The number of halogens is 1. The highest BCUT2D eigenvalue weighted by atomic mass is 79.9. The number of hydrogen-bond acceptors (Lipinski definition) is 3. The lowest BCUT2D eigenvalue weighted by molar-refractivity contribution is -0.116. The lowest BCUT2D eigenvalue weighted by Gasteiger charge is -2.49. The van der Waals surface area contributed by atoms with Crippen LogP contribution in [0.4, 0.5) is 0 Å². The molecule has 1 saturated heterocycles. The Bertz CT molecular complexity index is 921. The molecule has 35 heavy (non-hydrogen) atoms. The third kappa shape index (κ3) is 7.27. The van der Waals surface area contributed by atoms with E-state index in [9.17, 15) is 4.79 Å². The van der Waals surface area contributed by atoms with Crippen LogP contribution in [0.2, 0.25) is 0 Å². The number of pyridine rings is 1. The maximum atomic E-state index is 12.0. The minimum atomic E-state index is -0.0283. The quantitative estimate of drug-likeness (QED) is 0.155. The lowest BCUT2D eigenvalue weighted by Crippen LogP contribution is -2.50. The molecule has 1 N–H and O–H groups in total. The zero-order valence-corrected chi connectivity index (χ0v) is 22.5. The summed E-state index contributed by atoms with van der Waals surface area (Å²) in [5, 5.41) is 3.01. The number of unbranched alkanes of at least 4 members (excludes halogenated alkanes) is 1. The summed E-state index contributed by atoms with van der Waals surface area (Å²) >= 11 is 4.33. The van der Waals surface area contributed by atoms with Gasteiger partial charge in [-0.05, 0) is 67.2 Å². The molecule has 4 rings (SSSR count). The van der Waals surface area contributed by atoms with Gasteiger partial charge in [0.1, 0.15) is 4.45 Å². The first-order chi connectivity index (χ1) is 17.2. The van der Waals surface area contributed by atoms with Crippen molar-refractivity contribution in [3.8, 4) is 0 Å². The minimum absolute atomic E-state index is 0.0206. The molecule has 4 nitrogen and oxygen atoms in total. The number of piperidine rings is 1. The van der Waals surface area contributed by atoms with Gasteiger partial charge in [0.05, 0.1) is 0 Å². The Labute approximate surface area is 219 Å². The van der Waals surface area contributed by atoms with Crippen molar-refractivity contribution in [3.05, 3.63) is 72.1 Å².